The molecule has 0 aliphatic carbocycles. The lowest BCUT2D eigenvalue weighted by molar-refractivity contribution is -0.384. The van der Waals surface area contributed by atoms with Crippen molar-refractivity contribution in [2.45, 2.75) is 44.1 Å². The van der Waals surface area contributed by atoms with E-state index in [-0.39, 0.29) is 22.4 Å². The number of aliphatic hydroxyl groups excluding tert-OH is 1. The predicted molar refractivity (Wildman–Crippen MR) is 125 cm³/mol. The van der Waals surface area contributed by atoms with Crippen molar-refractivity contribution in [3.63, 3.8) is 0 Å². The van der Waals surface area contributed by atoms with Gasteiger partial charge in [0.2, 0.25) is 0 Å². The summed E-state index contributed by atoms with van der Waals surface area (Å²) in [7, 11) is -3.97. The van der Waals surface area contributed by atoms with Gasteiger partial charge in [-0.05, 0) is 63.4 Å². The third-order valence-corrected chi connectivity index (χ3v) is 6.99. The lowest BCUT2D eigenvalue weighted by Crippen LogP contribution is -2.36. The highest BCUT2D eigenvalue weighted by atomic mass is 32.2. The van der Waals surface area contributed by atoms with E-state index >= 15 is 0 Å². The number of nitrogens with zero attached hydrogens (tertiary/aromatic N) is 2. The van der Waals surface area contributed by atoms with Gasteiger partial charge in [0.1, 0.15) is 5.69 Å². The van der Waals surface area contributed by atoms with Crippen LogP contribution >= 0.6 is 0 Å². The molecule has 0 unspecified atom stereocenters. The zero-order valence-electron chi connectivity index (χ0n) is 18.4. The molecular weight excluding hydrogens is 432 g/mol. The smallest absolute Gasteiger partial charge is 0.293 e. The Balaban J connectivity index is 1.66. The lowest BCUT2D eigenvalue weighted by Gasteiger charge is -2.29. The molecule has 3 rings (SSSR count). The summed E-state index contributed by atoms with van der Waals surface area (Å²) in [6, 6.07) is 9.22. The van der Waals surface area contributed by atoms with Gasteiger partial charge in [-0.15, -0.1) is 0 Å². The molecule has 0 aromatic heterocycles. The number of nitro groups is 1. The minimum absolute atomic E-state index is 0.165. The number of nitro benzene ring substituents is 1. The molecule has 0 atom stereocenters. The summed E-state index contributed by atoms with van der Waals surface area (Å²) in [6.07, 6.45) is 2.10. The van der Waals surface area contributed by atoms with Crippen LogP contribution < -0.4 is 10.0 Å². The van der Waals surface area contributed by atoms with E-state index in [0.717, 1.165) is 56.1 Å². The quantitative estimate of drug-likeness (QED) is 0.297. The molecule has 0 spiro atoms. The first-order valence-electron chi connectivity index (χ1n) is 10.7. The molecule has 2 aromatic carbocycles. The highest BCUT2D eigenvalue weighted by Gasteiger charge is 2.22. The number of aryl methyl sites for hydroxylation is 2. The zero-order valence-corrected chi connectivity index (χ0v) is 19.2. The highest BCUT2D eigenvalue weighted by molar-refractivity contribution is 7.92. The van der Waals surface area contributed by atoms with E-state index in [1.54, 1.807) is 19.1 Å². The summed E-state index contributed by atoms with van der Waals surface area (Å²) in [5, 5.41) is 24.2. The second-order valence-corrected chi connectivity index (χ2v) is 9.90. The first kappa shape index (κ1) is 24.0. The molecule has 32 heavy (non-hydrogen) atoms. The Labute approximate surface area is 188 Å². The Morgan fingerprint density at radius 1 is 1.12 bits per heavy atom. The first-order valence-corrected chi connectivity index (χ1v) is 12.2. The van der Waals surface area contributed by atoms with Gasteiger partial charge in [0.05, 0.1) is 21.6 Å². The van der Waals surface area contributed by atoms with Gasteiger partial charge in [-0.2, -0.15) is 0 Å². The third-order valence-electron chi connectivity index (χ3n) is 5.63. The van der Waals surface area contributed by atoms with Crippen LogP contribution in [0.15, 0.2) is 41.3 Å². The van der Waals surface area contributed by atoms with Crippen LogP contribution in [0.1, 0.15) is 30.4 Å². The summed E-state index contributed by atoms with van der Waals surface area (Å²) in [6.45, 7) is 6.76. The number of likely N-dealkylation sites (tertiary alicyclic amines) is 1. The van der Waals surface area contributed by atoms with Crippen molar-refractivity contribution >= 4 is 27.1 Å². The molecule has 1 fully saturated rings. The maximum atomic E-state index is 12.8. The number of hydrogen-bond acceptors (Lipinski definition) is 7. The lowest BCUT2D eigenvalue weighted by atomic mass is 10.1. The largest absolute Gasteiger partial charge is 0.393 e. The molecule has 1 heterocycles. The zero-order chi connectivity index (χ0) is 23.3. The second-order valence-electron chi connectivity index (χ2n) is 8.21. The summed E-state index contributed by atoms with van der Waals surface area (Å²) in [5.74, 6) is 0. The van der Waals surface area contributed by atoms with Crippen molar-refractivity contribution in [1.82, 2.24) is 4.90 Å². The van der Waals surface area contributed by atoms with Crippen LogP contribution in [0.3, 0.4) is 0 Å². The Hall–Kier alpha value is -2.69. The molecule has 174 valence electrons. The molecule has 1 aliphatic rings. The van der Waals surface area contributed by atoms with Crippen molar-refractivity contribution in [1.29, 1.82) is 0 Å². The number of sulfonamides is 1. The van der Waals surface area contributed by atoms with Gasteiger partial charge < -0.3 is 15.3 Å². The van der Waals surface area contributed by atoms with E-state index in [1.807, 2.05) is 13.0 Å². The fourth-order valence-electron chi connectivity index (χ4n) is 3.78. The molecule has 0 saturated carbocycles. The molecule has 9 nitrogen and oxygen atoms in total. The summed E-state index contributed by atoms with van der Waals surface area (Å²) in [5.41, 5.74) is 2.22. The fraction of sp³-hybridized carbons (Fsp3) is 0.455. The van der Waals surface area contributed by atoms with E-state index in [9.17, 15) is 23.6 Å². The highest BCUT2D eigenvalue weighted by Crippen LogP contribution is 2.29. The van der Waals surface area contributed by atoms with Gasteiger partial charge >= 0.3 is 0 Å². The van der Waals surface area contributed by atoms with Crippen LogP contribution in [0, 0.1) is 24.0 Å². The van der Waals surface area contributed by atoms with Gasteiger partial charge in [-0.3, -0.25) is 14.8 Å². The molecule has 0 amide bonds. The molecule has 0 radical (unpaired) electrons. The minimum atomic E-state index is -3.97. The van der Waals surface area contributed by atoms with Crippen LogP contribution in [0.5, 0.6) is 0 Å². The second kappa shape index (κ2) is 10.3. The molecule has 0 bridgehead atoms. The van der Waals surface area contributed by atoms with E-state index in [0.29, 0.717) is 12.2 Å². The summed E-state index contributed by atoms with van der Waals surface area (Å²) >= 11 is 0. The van der Waals surface area contributed by atoms with Crippen LogP contribution in [-0.4, -0.2) is 55.6 Å². The van der Waals surface area contributed by atoms with Crippen LogP contribution in [0.25, 0.3) is 0 Å². The van der Waals surface area contributed by atoms with E-state index < -0.39 is 14.9 Å². The molecule has 1 aliphatic heterocycles. The maximum absolute atomic E-state index is 12.8. The molecular formula is C22H30N4O5S. The minimum Gasteiger partial charge on any atom is -0.393 e. The Bertz CT molecular complexity index is 1070. The van der Waals surface area contributed by atoms with Crippen molar-refractivity contribution < 1.29 is 18.4 Å². The third kappa shape index (κ3) is 6.18. The number of nitrogens with one attached hydrogen (secondary N) is 2. The van der Waals surface area contributed by atoms with Crippen LogP contribution in [-0.2, 0) is 10.0 Å². The van der Waals surface area contributed by atoms with Crippen LogP contribution in [0.2, 0.25) is 0 Å². The normalized spacial score (nSPS) is 15.5. The van der Waals surface area contributed by atoms with Gasteiger partial charge in [-0.1, -0.05) is 17.7 Å². The van der Waals surface area contributed by atoms with E-state index in [4.69, 9.17) is 0 Å². The average molecular weight is 463 g/mol. The fourth-order valence-corrected chi connectivity index (χ4v) is 4.93. The Kier molecular flexibility index (Phi) is 7.70. The molecule has 2 aromatic rings. The number of benzene rings is 2. The predicted octanol–water partition coefficient (Wildman–Crippen LogP) is 3.27. The Morgan fingerprint density at radius 2 is 1.81 bits per heavy atom. The maximum Gasteiger partial charge on any atom is 0.293 e. The van der Waals surface area contributed by atoms with Crippen molar-refractivity contribution in [2.24, 2.45) is 0 Å². The van der Waals surface area contributed by atoms with Crippen molar-refractivity contribution in [3.05, 3.63) is 57.6 Å². The number of rotatable bonds is 9. The number of hydrogen-bond donors (Lipinski definition) is 3. The summed E-state index contributed by atoms with van der Waals surface area (Å²) < 4.78 is 28.1. The Morgan fingerprint density at radius 3 is 2.47 bits per heavy atom. The van der Waals surface area contributed by atoms with E-state index in [2.05, 4.69) is 14.9 Å². The van der Waals surface area contributed by atoms with Gasteiger partial charge in [0.15, 0.2) is 0 Å². The SMILES string of the molecule is Cc1ccc(NS(=O)(=O)c2ccc(NCCCN3CCC(O)CC3)c([N+](=O)[O-])c2)c(C)c1. The summed E-state index contributed by atoms with van der Waals surface area (Å²) in [4.78, 5) is 13.1. The first-order chi connectivity index (χ1) is 15.2. The monoisotopic (exact) mass is 462 g/mol. The number of piperidine rings is 1. The van der Waals surface area contributed by atoms with Crippen molar-refractivity contribution in [3.8, 4) is 0 Å². The van der Waals surface area contributed by atoms with Gasteiger partial charge in [0.25, 0.3) is 15.7 Å². The standard InChI is InChI=1S/C22H30N4O5S/c1-16-4-6-20(17(2)14-16)24-32(30,31)19-5-7-21(22(15-19)26(28)29)23-10-3-11-25-12-8-18(27)9-13-25/h4-7,14-15,18,23-24,27H,3,8-13H2,1-2H3. The average Bonchev–Trinajstić information content (AvgIpc) is 2.74. The van der Waals surface area contributed by atoms with Crippen LogP contribution in [0.4, 0.5) is 17.1 Å². The van der Waals surface area contributed by atoms with Gasteiger partial charge in [0, 0.05) is 25.7 Å². The molecule has 10 heteroatoms. The molecule has 1 saturated heterocycles. The van der Waals surface area contributed by atoms with Gasteiger partial charge in [-0.25, -0.2) is 8.42 Å². The van der Waals surface area contributed by atoms with Crippen molar-refractivity contribution in [2.75, 3.05) is 36.2 Å². The number of aliphatic hydroxyl groups is 1. The topological polar surface area (TPSA) is 125 Å². The van der Waals surface area contributed by atoms with E-state index in [1.165, 1.54) is 12.1 Å². The molecule has 3 N–H and O–H groups in total. The number of anilines is 2.